The van der Waals surface area contributed by atoms with Gasteiger partial charge in [0.1, 0.15) is 5.70 Å². The van der Waals surface area contributed by atoms with E-state index in [0.717, 1.165) is 4.31 Å². The number of nitrogens with zero attached hydrogens (tertiary/aromatic N) is 2. The van der Waals surface area contributed by atoms with Crippen molar-refractivity contribution >= 4 is 21.6 Å². The first-order valence-corrected chi connectivity index (χ1v) is 10.5. The fraction of sp³-hybridized carbons (Fsp3) is 0.0909. The van der Waals surface area contributed by atoms with Crippen LogP contribution in [0.5, 0.6) is 5.88 Å². The van der Waals surface area contributed by atoms with Crippen molar-refractivity contribution in [3.63, 3.8) is 0 Å². The Balaban J connectivity index is 1.89. The van der Waals surface area contributed by atoms with E-state index in [2.05, 4.69) is 4.98 Å². The maximum atomic E-state index is 13.0. The molecule has 1 N–H and O–H groups in total. The van der Waals surface area contributed by atoms with Crippen LogP contribution in [-0.4, -0.2) is 42.8 Å². The van der Waals surface area contributed by atoms with E-state index in [1.165, 1.54) is 26.3 Å². The maximum absolute atomic E-state index is 13.0. The fourth-order valence-corrected chi connectivity index (χ4v) is 4.81. The summed E-state index contributed by atoms with van der Waals surface area (Å²) in [4.78, 5) is 17.1. The molecule has 2 aromatic carbocycles. The summed E-state index contributed by atoms with van der Waals surface area (Å²) in [5.41, 5.74) is 1.41. The summed E-state index contributed by atoms with van der Waals surface area (Å²) in [6, 6.07) is 16.3. The summed E-state index contributed by atoms with van der Waals surface area (Å²) in [6.45, 7) is 0. The predicted molar refractivity (Wildman–Crippen MR) is 111 cm³/mol. The van der Waals surface area contributed by atoms with Crippen molar-refractivity contribution in [3.8, 4) is 17.0 Å². The minimum atomic E-state index is -3.96. The standard InChI is InChI=1S/C22H18N2O5S/c1-24-19(21(26)17-9-3-4-11-18(17)30(24,27)28)20(25)15-8-5-7-14(13-15)16-10-6-12-23-22(16)29-2/h3-13,25H,1-2H3. The molecule has 1 aromatic heterocycles. The molecule has 1 aliphatic rings. The quantitative estimate of drug-likeness (QED) is 0.513. The second-order valence-electron chi connectivity index (χ2n) is 6.64. The molecular formula is C22H18N2O5S. The number of methoxy groups -OCH3 is 1. The molecule has 30 heavy (non-hydrogen) atoms. The Hall–Kier alpha value is -3.65. The lowest BCUT2D eigenvalue weighted by Crippen LogP contribution is -2.37. The zero-order valence-corrected chi connectivity index (χ0v) is 17.1. The van der Waals surface area contributed by atoms with Crippen LogP contribution < -0.4 is 4.74 Å². The van der Waals surface area contributed by atoms with Crippen molar-refractivity contribution in [2.45, 2.75) is 4.90 Å². The summed E-state index contributed by atoms with van der Waals surface area (Å²) in [6.07, 6.45) is 1.60. The molecular weight excluding hydrogens is 404 g/mol. The smallest absolute Gasteiger partial charge is 0.265 e. The Labute approximate surface area is 173 Å². The first kappa shape index (κ1) is 19.7. The summed E-state index contributed by atoms with van der Waals surface area (Å²) >= 11 is 0. The van der Waals surface area contributed by atoms with Gasteiger partial charge in [-0.1, -0.05) is 30.3 Å². The molecule has 0 bridgehead atoms. The molecule has 3 aromatic rings. The van der Waals surface area contributed by atoms with Crippen LogP contribution in [0.15, 0.2) is 77.5 Å². The van der Waals surface area contributed by atoms with Gasteiger partial charge in [0.25, 0.3) is 10.0 Å². The number of allylic oxidation sites excluding steroid dienone is 1. The number of hydrogen-bond donors (Lipinski definition) is 1. The molecule has 152 valence electrons. The Morgan fingerprint density at radius 3 is 2.53 bits per heavy atom. The number of benzene rings is 2. The molecule has 0 aliphatic carbocycles. The highest BCUT2D eigenvalue weighted by Crippen LogP contribution is 2.35. The van der Waals surface area contributed by atoms with E-state index in [1.54, 1.807) is 48.7 Å². The Bertz CT molecular complexity index is 1300. The van der Waals surface area contributed by atoms with Gasteiger partial charge in [-0.25, -0.2) is 13.4 Å². The number of likely N-dealkylation sites (N-methyl/N-ethyl adjacent to an activating group) is 1. The lowest BCUT2D eigenvalue weighted by molar-refractivity contribution is 0.100. The van der Waals surface area contributed by atoms with Gasteiger partial charge in [-0.3, -0.25) is 9.10 Å². The average Bonchev–Trinajstić information content (AvgIpc) is 2.78. The van der Waals surface area contributed by atoms with Crippen molar-refractivity contribution in [3.05, 3.63) is 83.7 Å². The number of aliphatic hydroxyl groups excluding tert-OH is 1. The number of ketones is 1. The van der Waals surface area contributed by atoms with Crippen molar-refractivity contribution in [2.24, 2.45) is 0 Å². The van der Waals surface area contributed by atoms with E-state index >= 15 is 0 Å². The van der Waals surface area contributed by atoms with Gasteiger partial charge in [0, 0.05) is 29.9 Å². The molecule has 0 atom stereocenters. The van der Waals surface area contributed by atoms with Crippen LogP contribution in [0.3, 0.4) is 0 Å². The lowest BCUT2D eigenvalue weighted by atomic mass is 10.0. The maximum Gasteiger partial charge on any atom is 0.265 e. The number of ether oxygens (including phenoxy) is 1. The normalized spacial score (nSPS) is 16.7. The van der Waals surface area contributed by atoms with E-state index in [1.807, 2.05) is 6.07 Å². The average molecular weight is 422 g/mol. The van der Waals surface area contributed by atoms with Gasteiger partial charge in [-0.2, -0.15) is 0 Å². The van der Waals surface area contributed by atoms with E-state index in [0.29, 0.717) is 22.6 Å². The number of rotatable bonds is 3. The SMILES string of the molecule is COc1ncccc1-c1cccc(C(O)=C2C(=O)c3ccccc3S(=O)(=O)N2C)c1. The van der Waals surface area contributed by atoms with E-state index < -0.39 is 21.6 Å². The summed E-state index contributed by atoms with van der Waals surface area (Å²) in [5, 5.41) is 10.9. The van der Waals surface area contributed by atoms with Crippen molar-refractivity contribution in [1.82, 2.24) is 9.29 Å². The number of Topliss-reactive ketones (excluding diaryl/α,β-unsaturated/α-hetero) is 1. The molecule has 0 unspecified atom stereocenters. The van der Waals surface area contributed by atoms with Gasteiger partial charge in [0.05, 0.1) is 12.0 Å². The van der Waals surface area contributed by atoms with Crippen LogP contribution in [0.25, 0.3) is 16.9 Å². The first-order chi connectivity index (χ1) is 14.4. The number of pyridine rings is 1. The van der Waals surface area contributed by atoms with Crippen LogP contribution in [0, 0.1) is 0 Å². The monoisotopic (exact) mass is 422 g/mol. The van der Waals surface area contributed by atoms with Crippen molar-refractivity contribution in [2.75, 3.05) is 14.2 Å². The minimum Gasteiger partial charge on any atom is -0.505 e. The molecule has 1 aliphatic heterocycles. The molecule has 0 spiro atoms. The second-order valence-corrected chi connectivity index (χ2v) is 8.57. The van der Waals surface area contributed by atoms with Gasteiger partial charge in [0.15, 0.2) is 5.76 Å². The molecule has 0 saturated heterocycles. The number of fused-ring (bicyclic) bond motifs is 1. The highest BCUT2D eigenvalue weighted by molar-refractivity contribution is 7.89. The number of aromatic nitrogens is 1. The Kier molecular flexibility index (Phi) is 4.79. The van der Waals surface area contributed by atoms with E-state index in [9.17, 15) is 18.3 Å². The molecule has 2 heterocycles. The van der Waals surface area contributed by atoms with Crippen molar-refractivity contribution < 1.29 is 23.1 Å². The highest BCUT2D eigenvalue weighted by Gasteiger charge is 2.39. The third-order valence-corrected chi connectivity index (χ3v) is 6.75. The van der Waals surface area contributed by atoms with Crippen LogP contribution >= 0.6 is 0 Å². The van der Waals surface area contributed by atoms with E-state index in [-0.39, 0.29) is 16.2 Å². The highest BCUT2D eigenvalue weighted by atomic mass is 32.2. The first-order valence-electron chi connectivity index (χ1n) is 9.02. The van der Waals surface area contributed by atoms with Gasteiger partial charge < -0.3 is 9.84 Å². The number of hydrogen-bond acceptors (Lipinski definition) is 6. The summed E-state index contributed by atoms with van der Waals surface area (Å²) in [5.74, 6) is -0.584. The van der Waals surface area contributed by atoms with Gasteiger partial charge >= 0.3 is 0 Å². The Morgan fingerprint density at radius 2 is 1.77 bits per heavy atom. The Morgan fingerprint density at radius 1 is 1.03 bits per heavy atom. The molecule has 0 saturated carbocycles. The molecule has 0 fully saturated rings. The molecule has 7 nitrogen and oxygen atoms in total. The molecule has 0 radical (unpaired) electrons. The number of carbonyl (C=O) groups is 1. The number of carbonyl (C=O) groups excluding carboxylic acids is 1. The summed E-state index contributed by atoms with van der Waals surface area (Å²) in [7, 11) is -1.20. The predicted octanol–water partition coefficient (Wildman–Crippen LogP) is 3.50. The second kappa shape index (κ2) is 7.31. The van der Waals surface area contributed by atoms with Crippen LogP contribution in [0.2, 0.25) is 0 Å². The molecule has 0 amide bonds. The van der Waals surface area contributed by atoms with Crippen LogP contribution in [-0.2, 0) is 10.0 Å². The van der Waals surface area contributed by atoms with Crippen LogP contribution in [0.1, 0.15) is 15.9 Å². The van der Waals surface area contributed by atoms with Crippen molar-refractivity contribution in [1.29, 1.82) is 0 Å². The number of sulfonamides is 1. The van der Waals surface area contributed by atoms with Crippen LogP contribution in [0.4, 0.5) is 0 Å². The minimum absolute atomic E-state index is 0.0298. The zero-order valence-electron chi connectivity index (χ0n) is 16.2. The zero-order chi connectivity index (χ0) is 21.5. The lowest BCUT2D eigenvalue weighted by Gasteiger charge is -2.28. The number of aliphatic hydroxyl groups is 1. The molecule has 4 rings (SSSR count). The van der Waals surface area contributed by atoms with Gasteiger partial charge in [0.2, 0.25) is 11.7 Å². The molecule has 8 heteroatoms. The third-order valence-electron chi connectivity index (χ3n) is 4.94. The fourth-order valence-electron chi connectivity index (χ4n) is 3.42. The third kappa shape index (κ3) is 3.02. The topological polar surface area (TPSA) is 96.8 Å². The summed E-state index contributed by atoms with van der Waals surface area (Å²) < 4.78 is 31.9. The van der Waals surface area contributed by atoms with E-state index in [4.69, 9.17) is 4.74 Å². The largest absolute Gasteiger partial charge is 0.505 e. The van der Waals surface area contributed by atoms with Gasteiger partial charge in [-0.05, 0) is 35.9 Å². The van der Waals surface area contributed by atoms with Gasteiger partial charge in [-0.15, -0.1) is 0 Å².